The Labute approximate surface area is 220 Å². The zero-order valence-electron chi connectivity index (χ0n) is 19.6. The van der Waals surface area contributed by atoms with Gasteiger partial charge in [-0.2, -0.15) is 0 Å². The molecule has 180 valence electrons. The number of benzene rings is 4. The summed E-state index contributed by atoms with van der Waals surface area (Å²) in [4.78, 5) is 31.3. The van der Waals surface area contributed by atoms with E-state index >= 15 is 0 Å². The highest BCUT2D eigenvalue weighted by Crippen LogP contribution is 2.43. The number of nitrogens with zero attached hydrogens (tertiary/aromatic N) is 2. The van der Waals surface area contributed by atoms with Crippen LogP contribution in [0.5, 0.6) is 0 Å². The zero-order chi connectivity index (χ0) is 25.2. The van der Waals surface area contributed by atoms with Gasteiger partial charge in [-0.15, -0.1) is 0 Å². The second kappa shape index (κ2) is 10.2. The molecule has 0 aromatic heterocycles. The van der Waals surface area contributed by atoms with E-state index in [1.54, 1.807) is 40.1 Å². The molecule has 0 bridgehead atoms. The second-order valence-electron chi connectivity index (χ2n) is 8.80. The maximum absolute atomic E-state index is 14.0. The Bertz CT molecular complexity index is 1420. The molecule has 4 aromatic carbocycles. The minimum absolute atomic E-state index is 0.164. The summed E-state index contributed by atoms with van der Waals surface area (Å²) in [6, 6.07) is 31.0. The molecule has 1 heterocycles. The number of hydrogen-bond donors (Lipinski definition) is 0. The fourth-order valence-electron chi connectivity index (χ4n) is 4.89. The van der Waals surface area contributed by atoms with Crippen LogP contribution in [0.3, 0.4) is 0 Å². The summed E-state index contributed by atoms with van der Waals surface area (Å²) in [5.41, 5.74) is 3.30. The first kappa shape index (κ1) is 24.1. The fourth-order valence-corrected chi connectivity index (χ4v) is 5.32. The number of rotatable bonds is 4. The molecule has 36 heavy (non-hydrogen) atoms. The molecular formula is C30H24Cl2N2O2. The van der Waals surface area contributed by atoms with Gasteiger partial charge in [0.05, 0.1) is 27.2 Å². The van der Waals surface area contributed by atoms with Crippen molar-refractivity contribution >= 4 is 46.4 Å². The summed E-state index contributed by atoms with van der Waals surface area (Å²) in [6.45, 7) is 2.00. The lowest BCUT2D eigenvalue weighted by Gasteiger charge is -2.43. The van der Waals surface area contributed by atoms with Crippen molar-refractivity contribution in [3.63, 3.8) is 0 Å². The van der Waals surface area contributed by atoms with Gasteiger partial charge in [0.2, 0.25) is 0 Å². The van der Waals surface area contributed by atoms with Crippen LogP contribution in [0.25, 0.3) is 0 Å². The lowest BCUT2D eigenvalue weighted by atomic mass is 9.89. The molecule has 2 amide bonds. The maximum Gasteiger partial charge on any atom is 0.260 e. The maximum atomic E-state index is 14.0. The largest absolute Gasteiger partial charge is 0.305 e. The van der Waals surface area contributed by atoms with Gasteiger partial charge in [-0.3, -0.25) is 9.59 Å². The van der Waals surface area contributed by atoms with Crippen molar-refractivity contribution in [2.24, 2.45) is 0 Å². The van der Waals surface area contributed by atoms with Gasteiger partial charge in [0, 0.05) is 17.4 Å². The van der Waals surface area contributed by atoms with E-state index < -0.39 is 0 Å². The van der Waals surface area contributed by atoms with Crippen molar-refractivity contribution in [2.45, 2.75) is 25.4 Å². The summed E-state index contributed by atoms with van der Waals surface area (Å²) < 4.78 is 0. The zero-order valence-corrected chi connectivity index (χ0v) is 21.2. The van der Waals surface area contributed by atoms with Crippen molar-refractivity contribution in [1.29, 1.82) is 0 Å². The molecule has 4 nitrogen and oxygen atoms in total. The van der Waals surface area contributed by atoms with Crippen LogP contribution in [0, 0.1) is 0 Å². The molecule has 4 aromatic rings. The Hall–Kier alpha value is -3.60. The highest BCUT2D eigenvalue weighted by atomic mass is 35.5. The van der Waals surface area contributed by atoms with E-state index in [0.717, 1.165) is 16.9 Å². The fraction of sp³-hybridized carbons (Fsp3) is 0.133. The summed E-state index contributed by atoms with van der Waals surface area (Å²) in [5, 5.41) is 0.810. The number of amides is 2. The normalized spacial score (nSPS) is 16.8. The first-order valence-electron chi connectivity index (χ1n) is 11.8. The first-order chi connectivity index (χ1) is 17.5. The van der Waals surface area contributed by atoms with E-state index in [9.17, 15) is 9.59 Å². The molecule has 0 saturated heterocycles. The molecule has 0 unspecified atom stereocenters. The van der Waals surface area contributed by atoms with Crippen LogP contribution < -0.4 is 9.80 Å². The SMILES string of the molecule is C[C@@H]1C[C@@H](N(C(=O)c2ccccc2Cl)c2ccccc2)c2ccccc2N1C(=O)c1ccccc1Cl. The Balaban J connectivity index is 1.63. The van der Waals surface area contributed by atoms with E-state index in [4.69, 9.17) is 23.2 Å². The van der Waals surface area contributed by atoms with Crippen LogP contribution >= 0.6 is 23.2 Å². The van der Waals surface area contributed by atoms with Crippen LogP contribution in [-0.4, -0.2) is 17.9 Å². The van der Waals surface area contributed by atoms with E-state index in [1.807, 2.05) is 79.7 Å². The Kier molecular flexibility index (Phi) is 6.82. The highest BCUT2D eigenvalue weighted by Gasteiger charge is 2.39. The molecule has 1 aliphatic heterocycles. The third kappa shape index (κ3) is 4.39. The van der Waals surface area contributed by atoms with Crippen LogP contribution in [-0.2, 0) is 0 Å². The summed E-state index contributed by atoms with van der Waals surface area (Å²) in [6.07, 6.45) is 0.540. The Morgan fingerprint density at radius 1 is 0.750 bits per heavy atom. The van der Waals surface area contributed by atoms with E-state index in [-0.39, 0.29) is 23.9 Å². The summed E-state index contributed by atoms with van der Waals surface area (Å²) in [5.74, 6) is -0.354. The van der Waals surface area contributed by atoms with Gasteiger partial charge in [-0.1, -0.05) is 83.9 Å². The molecule has 0 saturated carbocycles. The van der Waals surface area contributed by atoms with Crippen molar-refractivity contribution in [1.82, 2.24) is 0 Å². The third-order valence-electron chi connectivity index (χ3n) is 6.55. The quantitative estimate of drug-likeness (QED) is 0.278. The van der Waals surface area contributed by atoms with Gasteiger partial charge in [-0.25, -0.2) is 0 Å². The number of halogens is 2. The van der Waals surface area contributed by atoms with Crippen LogP contribution in [0.2, 0.25) is 10.0 Å². The molecule has 0 fully saturated rings. The lowest BCUT2D eigenvalue weighted by Crippen LogP contribution is -2.48. The predicted octanol–water partition coefficient (Wildman–Crippen LogP) is 7.82. The Morgan fingerprint density at radius 3 is 1.97 bits per heavy atom. The number of hydrogen-bond acceptors (Lipinski definition) is 2. The molecule has 1 aliphatic rings. The number of fused-ring (bicyclic) bond motifs is 1. The van der Waals surface area contributed by atoms with Crippen molar-refractivity contribution < 1.29 is 9.59 Å². The highest BCUT2D eigenvalue weighted by molar-refractivity contribution is 6.35. The number of para-hydroxylation sites is 2. The number of carbonyl (C=O) groups excluding carboxylic acids is 2. The van der Waals surface area contributed by atoms with Crippen LogP contribution in [0.1, 0.15) is 45.7 Å². The molecule has 5 rings (SSSR count). The lowest BCUT2D eigenvalue weighted by molar-refractivity contribution is 0.0966. The average Bonchev–Trinajstić information content (AvgIpc) is 2.89. The molecule has 0 spiro atoms. The number of anilines is 2. The third-order valence-corrected chi connectivity index (χ3v) is 7.21. The molecule has 0 radical (unpaired) electrons. The van der Waals surface area contributed by atoms with Gasteiger partial charge < -0.3 is 9.80 Å². The van der Waals surface area contributed by atoms with E-state index in [1.165, 1.54) is 0 Å². The summed E-state index contributed by atoms with van der Waals surface area (Å²) in [7, 11) is 0. The standard InChI is InChI=1S/C30H24Cl2N2O2/c1-20-19-28(34(21-11-3-2-4-12-21)30(36)23-14-6-9-17-26(23)32)24-15-7-10-18-27(24)33(20)29(35)22-13-5-8-16-25(22)31/h2-18,20,28H,19H2,1H3/t20-,28-/m1/s1. The Morgan fingerprint density at radius 2 is 1.31 bits per heavy atom. The van der Waals surface area contributed by atoms with Crippen molar-refractivity contribution in [3.8, 4) is 0 Å². The molecular weight excluding hydrogens is 491 g/mol. The minimum Gasteiger partial charge on any atom is -0.305 e. The molecule has 2 atom stereocenters. The van der Waals surface area contributed by atoms with Crippen molar-refractivity contribution in [2.75, 3.05) is 9.80 Å². The second-order valence-corrected chi connectivity index (χ2v) is 9.62. The minimum atomic E-state index is -0.308. The van der Waals surface area contributed by atoms with Gasteiger partial charge in [0.25, 0.3) is 11.8 Å². The van der Waals surface area contributed by atoms with Gasteiger partial charge >= 0.3 is 0 Å². The monoisotopic (exact) mass is 514 g/mol. The number of carbonyl (C=O) groups is 2. The predicted molar refractivity (Wildman–Crippen MR) is 146 cm³/mol. The molecule has 0 aliphatic carbocycles. The van der Waals surface area contributed by atoms with Gasteiger partial charge in [-0.05, 0) is 61.4 Å². The van der Waals surface area contributed by atoms with E-state index in [2.05, 4.69) is 0 Å². The summed E-state index contributed by atoms with van der Waals surface area (Å²) >= 11 is 12.8. The topological polar surface area (TPSA) is 40.6 Å². The molecule has 0 N–H and O–H groups in total. The van der Waals surface area contributed by atoms with E-state index in [0.29, 0.717) is 27.6 Å². The van der Waals surface area contributed by atoms with Crippen LogP contribution in [0.15, 0.2) is 103 Å². The van der Waals surface area contributed by atoms with Crippen LogP contribution in [0.4, 0.5) is 11.4 Å². The van der Waals surface area contributed by atoms with Gasteiger partial charge in [0.15, 0.2) is 0 Å². The molecule has 6 heteroatoms. The van der Waals surface area contributed by atoms with Crippen molar-refractivity contribution in [3.05, 3.63) is 130 Å². The average molecular weight is 515 g/mol. The smallest absolute Gasteiger partial charge is 0.260 e. The van der Waals surface area contributed by atoms with Gasteiger partial charge in [0.1, 0.15) is 0 Å². The first-order valence-corrected chi connectivity index (χ1v) is 12.5.